The fourth-order valence-electron chi connectivity index (χ4n) is 3.13. The lowest BCUT2D eigenvalue weighted by atomic mass is 9.86. The summed E-state index contributed by atoms with van der Waals surface area (Å²) in [6, 6.07) is 0. The van der Waals surface area contributed by atoms with Gasteiger partial charge in [-0.3, -0.25) is 0 Å². The zero-order chi connectivity index (χ0) is 24.3. The highest BCUT2D eigenvalue weighted by Gasteiger charge is 2.38. The van der Waals surface area contributed by atoms with Crippen molar-refractivity contribution < 1.29 is 47.6 Å². The Bertz CT molecular complexity index is 775. The Kier molecular flexibility index (Phi) is 11.4. The topological polar surface area (TPSA) is 124 Å². The summed E-state index contributed by atoms with van der Waals surface area (Å²) < 4.78 is 31.0. The summed E-state index contributed by atoms with van der Waals surface area (Å²) >= 11 is 0. The number of hydrogen-bond donors (Lipinski definition) is 0. The Morgan fingerprint density at radius 3 is 0.969 bits per heavy atom. The largest absolute Gasteiger partial charge is 0.462 e. The third-order valence-electron chi connectivity index (χ3n) is 4.21. The molecule has 0 atom stereocenters. The molecule has 0 bridgehead atoms. The van der Waals surface area contributed by atoms with Crippen LogP contribution in [0.15, 0.2) is 0 Å². The molecule has 0 aliphatic heterocycles. The van der Waals surface area contributed by atoms with Crippen molar-refractivity contribution in [2.75, 3.05) is 40.6 Å². The van der Waals surface area contributed by atoms with Crippen LogP contribution in [-0.2, 0) is 41.6 Å². The lowest BCUT2D eigenvalue weighted by Crippen LogP contribution is -2.28. The normalized spacial score (nSPS) is 10.4. The van der Waals surface area contributed by atoms with Crippen LogP contribution in [0, 0.1) is 0 Å². The molecule has 0 aromatic heterocycles. The molecular formula is C22H30O10. The molecule has 0 spiro atoms. The van der Waals surface area contributed by atoms with Gasteiger partial charge in [0.1, 0.15) is 0 Å². The number of esters is 4. The van der Waals surface area contributed by atoms with E-state index in [0.29, 0.717) is 0 Å². The van der Waals surface area contributed by atoms with E-state index >= 15 is 0 Å². The molecule has 10 heteroatoms. The van der Waals surface area contributed by atoms with Gasteiger partial charge in [-0.25, -0.2) is 19.2 Å². The molecule has 0 heterocycles. The number of methoxy groups -OCH3 is 2. The Labute approximate surface area is 187 Å². The van der Waals surface area contributed by atoms with Crippen molar-refractivity contribution in [3.8, 4) is 0 Å². The second-order valence-corrected chi connectivity index (χ2v) is 6.21. The zero-order valence-corrected chi connectivity index (χ0v) is 19.3. The predicted molar refractivity (Wildman–Crippen MR) is 112 cm³/mol. The molecule has 1 aromatic carbocycles. The van der Waals surface area contributed by atoms with Gasteiger partial charge in [0.15, 0.2) is 0 Å². The zero-order valence-electron chi connectivity index (χ0n) is 19.3. The van der Waals surface area contributed by atoms with E-state index in [4.69, 9.17) is 28.4 Å². The minimum Gasteiger partial charge on any atom is -0.462 e. The summed E-state index contributed by atoms with van der Waals surface area (Å²) in [5, 5.41) is 0. The monoisotopic (exact) mass is 454 g/mol. The molecule has 0 radical (unpaired) electrons. The van der Waals surface area contributed by atoms with Crippen LogP contribution in [0.1, 0.15) is 80.3 Å². The molecule has 0 saturated heterocycles. The molecule has 1 rings (SSSR count). The van der Waals surface area contributed by atoms with E-state index in [1.807, 2.05) is 0 Å². The predicted octanol–water partition coefficient (Wildman–Crippen LogP) is 2.69. The number of carbonyl (C=O) groups is 4. The van der Waals surface area contributed by atoms with Crippen LogP contribution in [-0.4, -0.2) is 64.5 Å². The summed E-state index contributed by atoms with van der Waals surface area (Å²) in [6.07, 6.45) is 0. The van der Waals surface area contributed by atoms with Gasteiger partial charge in [-0.05, 0) is 38.8 Å². The Morgan fingerprint density at radius 1 is 0.500 bits per heavy atom. The molecule has 10 nitrogen and oxygen atoms in total. The van der Waals surface area contributed by atoms with Gasteiger partial charge >= 0.3 is 23.9 Å². The number of ether oxygens (including phenoxy) is 6. The maximum absolute atomic E-state index is 13.0. The molecule has 178 valence electrons. The van der Waals surface area contributed by atoms with Crippen molar-refractivity contribution >= 4 is 23.9 Å². The van der Waals surface area contributed by atoms with Gasteiger partial charge in [-0.15, -0.1) is 0 Å². The summed E-state index contributed by atoms with van der Waals surface area (Å²) in [4.78, 5) is 51.9. The summed E-state index contributed by atoms with van der Waals surface area (Å²) in [5.41, 5.74) is -1.11. The van der Waals surface area contributed by atoms with Crippen LogP contribution in [0.3, 0.4) is 0 Å². The minimum atomic E-state index is -0.995. The molecule has 0 amide bonds. The van der Waals surface area contributed by atoms with Gasteiger partial charge in [-0.2, -0.15) is 0 Å². The Morgan fingerprint density at radius 2 is 0.750 bits per heavy atom. The van der Waals surface area contributed by atoms with Crippen LogP contribution in [0.2, 0.25) is 0 Å². The number of hydrogen-bond acceptors (Lipinski definition) is 10. The fraction of sp³-hybridized carbons (Fsp3) is 0.545. The maximum Gasteiger partial charge on any atom is 0.339 e. The second-order valence-electron chi connectivity index (χ2n) is 6.21. The number of carbonyl (C=O) groups excluding carboxylic acids is 4. The first-order chi connectivity index (χ1) is 15.3. The standard InChI is InChI=1S/C22H30O10/c1-7-29-19(23)15-13(11-27-5)14(12-28-6)16(20(24)30-8-2)18(22(26)32-10-4)17(15)21(25)31-9-3/h7-12H2,1-6H3. The molecule has 0 fully saturated rings. The highest BCUT2D eigenvalue weighted by atomic mass is 16.5. The maximum atomic E-state index is 13.0. The van der Waals surface area contributed by atoms with Crippen LogP contribution in [0.25, 0.3) is 0 Å². The lowest BCUT2D eigenvalue weighted by molar-refractivity contribution is 0.0438. The average Bonchev–Trinajstić information content (AvgIpc) is 2.74. The van der Waals surface area contributed by atoms with Crippen molar-refractivity contribution in [2.24, 2.45) is 0 Å². The molecule has 0 saturated carbocycles. The second kappa shape index (κ2) is 13.4. The average molecular weight is 454 g/mol. The van der Waals surface area contributed by atoms with Gasteiger partial charge in [0.2, 0.25) is 0 Å². The van der Waals surface area contributed by atoms with Crippen molar-refractivity contribution in [2.45, 2.75) is 40.9 Å². The third kappa shape index (κ3) is 6.04. The van der Waals surface area contributed by atoms with E-state index in [0.717, 1.165) is 0 Å². The number of rotatable bonds is 12. The summed E-state index contributed by atoms with van der Waals surface area (Å²) in [5.74, 6) is -3.77. The van der Waals surface area contributed by atoms with E-state index in [2.05, 4.69) is 0 Å². The van der Waals surface area contributed by atoms with E-state index in [1.54, 1.807) is 27.7 Å². The summed E-state index contributed by atoms with van der Waals surface area (Å²) in [7, 11) is 2.75. The van der Waals surface area contributed by atoms with E-state index < -0.39 is 35.0 Å². The fourth-order valence-corrected chi connectivity index (χ4v) is 3.13. The first-order valence-electron chi connectivity index (χ1n) is 10.2. The smallest absolute Gasteiger partial charge is 0.339 e. The molecule has 0 unspecified atom stereocenters. The summed E-state index contributed by atoms with van der Waals surface area (Å²) in [6.45, 7) is 5.85. The van der Waals surface area contributed by atoms with E-state index in [-0.39, 0.29) is 61.9 Å². The number of benzene rings is 1. The van der Waals surface area contributed by atoms with Crippen LogP contribution in [0.5, 0.6) is 0 Å². The third-order valence-corrected chi connectivity index (χ3v) is 4.21. The van der Waals surface area contributed by atoms with Gasteiger partial charge in [0.05, 0.1) is 61.9 Å². The Hall–Kier alpha value is -2.98. The SMILES string of the molecule is CCOC(=O)c1c(COC)c(COC)c(C(=O)OCC)c(C(=O)OCC)c1C(=O)OCC. The van der Waals surface area contributed by atoms with Gasteiger partial charge in [0, 0.05) is 14.2 Å². The van der Waals surface area contributed by atoms with Crippen LogP contribution < -0.4 is 0 Å². The van der Waals surface area contributed by atoms with E-state index in [9.17, 15) is 19.2 Å². The quantitative estimate of drug-likeness (QED) is 0.344. The molecule has 0 aliphatic rings. The highest BCUT2D eigenvalue weighted by molar-refractivity contribution is 6.16. The highest BCUT2D eigenvalue weighted by Crippen LogP contribution is 2.33. The van der Waals surface area contributed by atoms with Crippen LogP contribution >= 0.6 is 0 Å². The molecule has 0 N–H and O–H groups in total. The van der Waals surface area contributed by atoms with Crippen molar-refractivity contribution in [1.82, 2.24) is 0 Å². The van der Waals surface area contributed by atoms with E-state index in [1.165, 1.54) is 14.2 Å². The molecule has 0 aliphatic carbocycles. The first kappa shape index (κ1) is 27.1. The minimum absolute atomic E-state index is 0.00149. The van der Waals surface area contributed by atoms with Gasteiger partial charge in [0.25, 0.3) is 0 Å². The van der Waals surface area contributed by atoms with Crippen molar-refractivity contribution in [3.05, 3.63) is 33.4 Å². The lowest BCUT2D eigenvalue weighted by Gasteiger charge is -2.23. The van der Waals surface area contributed by atoms with Crippen LogP contribution in [0.4, 0.5) is 0 Å². The molecule has 32 heavy (non-hydrogen) atoms. The van der Waals surface area contributed by atoms with Gasteiger partial charge < -0.3 is 28.4 Å². The molecular weight excluding hydrogens is 424 g/mol. The van der Waals surface area contributed by atoms with Crippen molar-refractivity contribution in [3.63, 3.8) is 0 Å². The first-order valence-corrected chi connectivity index (χ1v) is 10.2. The Balaban J connectivity index is 4.31. The van der Waals surface area contributed by atoms with Crippen molar-refractivity contribution in [1.29, 1.82) is 0 Å². The van der Waals surface area contributed by atoms with Gasteiger partial charge in [-0.1, -0.05) is 0 Å². The molecule has 1 aromatic rings.